The quantitative estimate of drug-likeness (QED) is 0.779. The summed E-state index contributed by atoms with van der Waals surface area (Å²) in [6.07, 6.45) is 4.87. The number of hydrogen-bond donors (Lipinski definition) is 0. The molecule has 3 fully saturated rings. The van der Waals surface area contributed by atoms with Crippen molar-refractivity contribution < 1.29 is 9.59 Å². The minimum atomic E-state index is 0.0158. The number of likely N-dealkylation sites (tertiary alicyclic amines) is 1. The Morgan fingerprint density at radius 1 is 1.04 bits per heavy atom. The predicted octanol–water partition coefficient (Wildman–Crippen LogP) is 1.13. The highest BCUT2D eigenvalue weighted by Crippen LogP contribution is 2.28. The van der Waals surface area contributed by atoms with Crippen LogP contribution in [-0.4, -0.2) is 65.4 Å². The molecule has 1 aromatic heterocycles. The molecule has 0 unspecified atom stereocenters. The monoisotopic (exact) mass is 328 g/mol. The normalized spacial score (nSPS) is 28.3. The van der Waals surface area contributed by atoms with Crippen molar-refractivity contribution in [2.75, 3.05) is 37.6 Å². The molecule has 1 aromatic rings. The van der Waals surface area contributed by atoms with E-state index in [1.807, 2.05) is 18.3 Å². The van der Waals surface area contributed by atoms with E-state index in [4.69, 9.17) is 0 Å². The number of aromatic nitrogens is 1. The van der Waals surface area contributed by atoms with E-state index in [2.05, 4.69) is 20.9 Å². The van der Waals surface area contributed by atoms with Crippen molar-refractivity contribution in [1.29, 1.82) is 0 Å². The van der Waals surface area contributed by atoms with Gasteiger partial charge in [-0.05, 0) is 30.9 Å². The largest absolute Gasteiger partial charge is 0.354 e. The summed E-state index contributed by atoms with van der Waals surface area (Å²) in [5, 5.41) is 0. The van der Waals surface area contributed by atoms with Crippen LogP contribution in [0.1, 0.15) is 25.7 Å². The highest BCUT2D eigenvalue weighted by molar-refractivity contribution is 6.01. The first-order chi connectivity index (χ1) is 11.7. The number of nitrogens with zero attached hydrogens (tertiary/aromatic N) is 4. The van der Waals surface area contributed by atoms with Crippen LogP contribution in [0.15, 0.2) is 24.4 Å². The number of piperidine rings is 1. The summed E-state index contributed by atoms with van der Waals surface area (Å²) < 4.78 is 0. The molecule has 4 heterocycles. The lowest BCUT2D eigenvalue weighted by atomic mass is 9.90. The van der Waals surface area contributed by atoms with Gasteiger partial charge in [-0.1, -0.05) is 6.07 Å². The third-order valence-corrected chi connectivity index (χ3v) is 5.57. The summed E-state index contributed by atoms with van der Waals surface area (Å²) in [6.45, 7) is 4.65. The van der Waals surface area contributed by atoms with Crippen molar-refractivity contribution in [3.63, 3.8) is 0 Å². The molecule has 0 bridgehead atoms. The minimum Gasteiger partial charge on any atom is -0.354 e. The minimum absolute atomic E-state index is 0.0158. The molecular weight excluding hydrogens is 304 g/mol. The Morgan fingerprint density at radius 2 is 1.88 bits per heavy atom. The lowest BCUT2D eigenvalue weighted by Gasteiger charge is -2.47. The topological polar surface area (TPSA) is 56.8 Å². The molecule has 0 aromatic carbocycles. The van der Waals surface area contributed by atoms with Crippen LogP contribution < -0.4 is 4.90 Å². The fourth-order valence-corrected chi connectivity index (χ4v) is 4.24. The first-order valence-corrected chi connectivity index (χ1v) is 8.94. The molecule has 3 saturated heterocycles. The van der Waals surface area contributed by atoms with Gasteiger partial charge in [0.05, 0.1) is 0 Å². The zero-order valence-corrected chi connectivity index (χ0v) is 13.9. The van der Waals surface area contributed by atoms with Gasteiger partial charge in [0, 0.05) is 57.8 Å². The molecule has 6 nitrogen and oxygen atoms in total. The number of carbonyl (C=O) groups is 2. The summed E-state index contributed by atoms with van der Waals surface area (Å²) in [7, 11) is 0. The Kier molecular flexibility index (Phi) is 4.22. The molecule has 24 heavy (non-hydrogen) atoms. The number of pyridine rings is 1. The first-order valence-electron chi connectivity index (χ1n) is 8.94. The maximum absolute atomic E-state index is 11.8. The van der Waals surface area contributed by atoms with Gasteiger partial charge in [-0.3, -0.25) is 19.4 Å². The molecule has 0 N–H and O–H groups in total. The highest BCUT2D eigenvalue weighted by atomic mass is 16.2. The molecule has 4 rings (SSSR count). The fraction of sp³-hybridized carbons (Fsp3) is 0.611. The van der Waals surface area contributed by atoms with Crippen molar-refractivity contribution in [3.8, 4) is 0 Å². The van der Waals surface area contributed by atoms with E-state index in [1.165, 1.54) is 4.90 Å². The van der Waals surface area contributed by atoms with E-state index in [0.717, 1.165) is 44.8 Å². The van der Waals surface area contributed by atoms with E-state index in [0.29, 0.717) is 31.3 Å². The van der Waals surface area contributed by atoms with Crippen LogP contribution in [0.2, 0.25) is 0 Å². The number of amides is 2. The Balaban J connectivity index is 1.34. The van der Waals surface area contributed by atoms with Crippen LogP contribution in [0, 0.1) is 5.92 Å². The Hall–Kier alpha value is -1.95. The molecule has 3 aliphatic heterocycles. The number of rotatable bonds is 3. The van der Waals surface area contributed by atoms with Gasteiger partial charge in [0.2, 0.25) is 11.8 Å². The molecular formula is C18H24N4O2. The Bertz CT molecular complexity index is 605. The molecule has 6 heteroatoms. The summed E-state index contributed by atoms with van der Waals surface area (Å²) in [5.74, 6) is 1.52. The summed E-state index contributed by atoms with van der Waals surface area (Å²) in [5.41, 5.74) is 0. The third-order valence-electron chi connectivity index (χ3n) is 5.57. The van der Waals surface area contributed by atoms with Gasteiger partial charge in [-0.15, -0.1) is 0 Å². The van der Waals surface area contributed by atoms with Gasteiger partial charge in [-0.25, -0.2) is 4.98 Å². The maximum atomic E-state index is 11.8. The zero-order chi connectivity index (χ0) is 16.5. The van der Waals surface area contributed by atoms with Crippen molar-refractivity contribution in [3.05, 3.63) is 24.4 Å². The van der Waals surface area contributed by atoms with Crippen LogP contribution >= 0.6 is 0 Å². The maximum Gasteiger partial charge on any atom is 0.229 e. The van der Waals surface area contributed by atoms with E-state index in [1.54, 1.807) is 0 Å². The molecule has 0 saturated carbocycles. The van der Waals surface area contributed by atoms with Gasteiger partial charge in [0.1, 0.15) is 5.82 Å². The number of carbonyl (C=O) groups excluding carboxylic acids is 2. The van der Waals surface area contributed by atoms with Crippen LogP contribution in [-0.2, 0) is 9.59 Å². The molecule has 3 aliphatic rings. The van der Waals surface area contributed by atoms with E-state index in [9.17, 15) is 9.59 Å². The van der Waals surface area contributed by atoms with Crippen molar-refractivity contribution in [2.24, 2.45) is 5.92 Å². The summed E-state index contributed by atoms with van der Waals surface area (Å²) >= 11 is 0. The van der Waals surface area contributed by atoms with Crippen molar-refractivity contribution >= 4 is 17.6 Å². The molecule has 128 valence electrons. The van der Waals surface area contributed by atoms with E-state index < -0.39 is 0 Å². The van der Waals surface area contributed by atoms with Crippen LogP contribution in [0.25, 0.3) is 0 Å². The third kappa shape index (κ3) is 3.02. The van der Waals surface area contributed by atoms with Crippen LogP contribution in [0.4, 0.5) is 5.82 Å². The second kappa shape index (κ2) is 6.51. The molecule has 2 atom stereocenters. The zero-order valence-electron chi connectivity index (χ0n) is 13.9. The average Bonchev–Trinajstić information content (AvgIpc) is 2.94. The standard InChI is InChI=1S/C18H24N4O2/c23-17-6-7-18(24)22(17)12-14-4-5-15-13-21(10-9-20(15)11-14)16-3-1-2-8-19-16/h1-3,8,14-15H,4-7,9-13H2/t14-,15-/m1/s1. The number of anilines is 1. The summed E-state index contributed by atoms with van der Waals surface area (Å²) in [4.78, 5) is 34.5. The Labute approximate surface area is 142 Å². The van der Waals surface area contributed by atoms with Gasteiger partial charge < -0.3 is 4.90 Å². The lowest BCUT2D eigenvalue weighted by molar-refractivity contribution is -0.139. The number of imide groups is 1. The highest BCUT2D eigenvalue weighted by Gasteiger charge is 2.36. The number of piperazine rings is 1. The van der Waals surface area contributed by atoms with Crippen LogP contribution in [0.3, 0.4) is 0 Å². The van der Waals surface area contributed by atoms with Gasteiger partial charge in [0.25, 0.3) is 0 Å². The second-order valence-electron chi connectivity index (χ2n) is 7.12. The lowest BCUT2D eigenvalue weighted by Crippen LogP contribution is -2.57. The van der Waals surface area contributed by atoms with Crippen molar-refractivity contribution in [2.45, 2.75) is 31.7 Å². The summed E-state index contributed by atoms with van der Waals surface area (Å²) in [6, 6.07) is 6.62. The first kappa shape index (κ1) is 15.6. The van der Waals surface area contributed by atoms with Crippen molar-refractivity contribution in [1.82, 2.24) is 14.8 Å². The van der Waals surface area contributed by atoms with Crippen LogP contribution in [0.5, 0.6) is 0 Å². The van der Waals surface area contributed by atoms with E-state index in [-0.39, 0.29) is 11.8 Å². The fourth-order valence-electron chi connectivity index (χ4n) is 4.24. The molecule has 0 radical (unpaired) electrons. The second-order valence-corrected chi connectivity index (χ2v) is 7.12. The van der Waals surface area contributed by atoms with Gasteiger partial charge in [-0.2, -0.15) is 0 Å². The SMILES string of the molecule is O=C1CCC(=O)N1C[C@@H]1CC[C@@H]2CN(c3ccccn3)CCN2C1. The Morgan fingerprint density at radius 3 is 2.62 bits per heavy atom. The average molecular weight is 328 g/mol. The number of hydrogen-bond acceptors (Lipinski definition) is 5. The van der Waals surface area contributed by atoms with Gasteiger partial charge >= 0.3 is 0 Å². The molecule has 0 spiro atoms. The van der Waals surface area contributed by atoms with E-state index >= 15 is 0 Å². The predicted molar refractivity (Wildman–Crippen MR) is 90.5 cm³/mol. The smallest absolute Gasteiger partial charge is 0.229 e. The number of fused-ring (bicyclic) bond motifs is 1. The molecule has 2 amide bonds. The molecule has 0 aliphatic carbocycles. The van der Waals surface area contributed by atoms with Gasteiger partial charge in [0.15, 0.2) is 0 Å².